The average molecular weight is 503 g/mol. The summed E-state index contributed by atoms with van der Waals surface area (Å²) >= 11 is 0. The third-order valence-electron chi connectivity index (χ3n) is 5.96. The molecule has 3 amide bonds. The number of aliphatic hydroxyl groups is 1. The van der Waals surface area contributed by atoms with E-state index in [1.54, 1.807) is 36.4 Å². The first kappa shape index (κ1) is 23.9. The molecule has 37 heavy (non-hydrogen) atoms. The number of aliphatic hydroxyl groups excluding tert-OH is 1. The van der Waals surface area contributed by atoms with Crippen LogP contribution in [0.25, 0.3) is 16.7 Å². The van der Waals surface area contributed by atoms with Crippen molar-refractivity contribution >= 4 is 34.7 Å². The van der Waals surface area contributed by atoms with Crippen molar-refractivity contribution in [3.63, 3.8) is 0 Å². The zero-order valence-electron chi connectivity index (χ0n) is 19.4. The third kappa shape index (κ3) is 4.82. The molecule has 12 heteroatoms. The molecule has 0 bridgehead atoms. The fraction of sp³-hybridized carbons (Fsp3) is 0.200. The summed E-state index contributed by atoms with van der Waals surface area (Å²) in [6, 6.07) is 10.3. The Hall–Kier alpha value is -4.84. The predicted octanol–water partition coefficient (Wildman–Crippen LogP) is 0.701. The molecule has 0 aliphatic carbocycles. The number of ether oxygens (including phenoxy) is 1. The van der Waals surface area contributed by atoms with Crippen LogP contribution in [0.3, 0.4) is 0 Å². The number of phenols is 1. The first-order valence-corrected chi connectivity index (χ1v) is 11.3. The Morgan fingerprint density at radius 3 is 2.27 bits per heavy atom. The maximum absolute atomic E-state index is 12.3. The van der Waals surface area contributed by atoms with Crippen molar-refractivity contribution in [2.75, 3.05) is 6.73 Å². The number of esters is 1. The van der Waals surface area contributed by atoms with E-state index in [-0.39, 0.29) is 36.4 Å². The lowest BCUT2D eigenvalue weighted by Gasteiger charge is -2.20. The van der Waals surface area contributed by atoms with Gasteiger partial charge in [0.2, 0.25) is 0 Å². The zero-order valence-corrected chi connectivity index (χ0v) is 19.4. The van der Waals surface area contributed by atoms with Gasteiger partial charge >= 0.3 is 5.97 Å². The van der Waals surface area contributed by atoms with Gasteiger partial charge in [-0.05, 0) is 36.3 Å². The molecule has 0 saturated heterocycles. The summed E-state index contributed by atoms with van der Waals surface area (Å²) in [6.07, 6.45) is 3.73. The van der Waals surface area contributed by atoms with E-state index in [1.807, 2.05) is 0 Å². The van der Waals surface area contributed by atoms with Gasteiger partial charge in [0.15, 0.2) is 13.0 Å². The fourth-order valence-electron chi connectivity index (χ4n) is 3.98. The molecule has 1 aromatic heterocycles. The minimum absolute atomic E-state index is 0.0765. The van der Waals surface area contributed by atoms with Crippen LogP contribution in [0, 0.1) is 0 Å². The van der Waals surface area contributed by atoms with E-state index in [0.29, 0.717) is 16.6 Å². The van der Waals surface area contributed by atoms with E-state index >= 15 is 0 Å². The van der Waals surface area contributed by atoms with Gasteiger partial charge in [-0.1, -0.05) is 18.2 Å². The third-order valence-corrected chi connectivity index (χ3v) is 5.96. The highest BCUT2D eigenvalue weighted by Gasteiger charge is 2.27. The summed E-state index contributed by atoms with van der Waals surface area (Å²) < 4.78 is 5.11. The molecule has 0 saturated carbocycles. The highest BCUT2D eigenvalue weighted by Crippen LogP contribution is 2.30. The predicted molar refractivity (Wildman–Crippen MR) is 126 cm³/mol. The molecule has 12 nitrogen and oxygen atoms in total. The number of carbonyl (C=O) groups excluding carboxylic acids is 4. The Balaban J connectivity index is 1.38. The first-order valence-electron chi connectivity index (χ1n) is 11.3. The summed E-state index contributed by atoms with van der Waals surface area (Å²) in [4.78, 5) is 51.4. The SMILES string of the molecule is O=C(CCc1cc(CN2C(=O)C=CC2=O)c(O)c(-n2nc3ccccc3n2)c1)OCN1C(=O)C=CC1O. The summed E-state index contributed by atoms with van der Waals surface area (Å²) in [5.41, 5.74) is 2.26. The van der Waals surface area contributed by atoms with E-state index < -0.39 is 36.6 Å². The number of phenolic OH excluding ortho intramolecular Hbond substituents is 1. The van der Waals surface area contributed by atoms with Gasteiger partial charge in [0.05, 0.1) is 6.54 Å². The molecule has 3 heterocycles. The molecule has 0 fully saturated rings. The summed E-state index contributed by atoms with van der Waals surface area (Å²) in [7, 11) is 0. The molecule has 2 aliphatic rings. The number of benzene rings is 2. The van der Waals surface area contributed by atoms with Gasteiger partial charge in [0, 0.05) is 30.2 Å². The van der Waals surface area contributed by atoms with Gasteiger partial charge in [-0.25, -0.2) is 0 Å². The maximum atomic E-state index is 12.3. The number of carbonyl (C=O) groups is 4. The lowest BCUT2D eigenvalue weighted by Crippen LogP contribution is -2.36. The van der Waals surface area contributed by atoms with Crippen LogP contribution >= 0.6 is 0 Å². The number of aryl methyl sites for hydroxylation is 1. The van der Waals surface area contributed by atoms with Crippen LogP contribution in [0.1, 0.15) is 17.5 Å². The first-order chi connectivity index (χ1) is 17.8. The Morgan fingerprint density at radius 1 is 0.973 bits per heavy atom. The van der Waals surface area contributed by atoms with Crippen molar-refractivity contribution < 1.29 is 34.1 Å². The normalized spacial score (nSPS) is 17.0. The molecule has 1 unspecified atom stereocenters. The fourth-order valence-corrected chi connectivity index (χ4v) is 3.98. The van der Waals surface area contributed by atoms with Crippen molar-refractivity contribution in [2.24, 2.45) is 0 Å². The smallest absolute Gasteiger partial charge is 0.307 e. The van der Waals surface area contributed by atoms with Gasteiger partial charge in [-0.15, -0.1) is 15.0 Å². The van der Waals surface area contributed by atoms with E-state index in [2.05, 4.69) is 10.2 Å². The van der Waals surface area contributed by atoms with Crippen molar-refractivity contribution in [1.29, 1.82) is 0 Å². The van der Waals surface area contributed by atoms with E-state index in [0.717, 1.165) is 22.0 Å². The van der Waals surface area contributed by atoms with Crippen LogP contribution in [-0.4, -0.2) is 71.7 Å². The summed E-state index contributed by atoms with van der Waals surface area (Å²) in [5, 5.41) is 29.5. The number of amides is 3. The second-order valence-electron chi connectivity index (χ2n) is 8.42. The Kier molecular flexibility index (Phi) is 6.24. The lowest BCUT2D eigenvalue weighted by molar-refractivity contribution is -0.156. The van der Waals surface area contributed by atoms with Crippen molar-refractivity contribution in [3.05, 3.63) is 71.8 Å². The molecule has 2 aromatic carbocycles. The number of fused-ring (bicyclic) bond motifs is 1. The largest absolute Gasteiger partial charge is 0.505 e. The van der Waals surface area contributed by atoms with Crippen molar-refractivity contribution in [1.82, 2.24) is 24.8 Å². The number of nitrogens with zero attached hydrogens (tertiary/aromatic N) is 5. The van der Waals surface area contributed by atoms with Crippen LogP contribution < -0.4 is 0 Å². The molecule has 2 N–H and O–H groups in total. The van der Waals surface area contributed by atoms with Crippen molar-refractivity contribution in [3.8, 4) is 11.4 Å². The second kappa shape index (κ2) is 9.66. The van der Waals surface area contributed by atoms with Crippen LogP contribution in [-0.2, 0) is 36.9 Å². The van der Waals surface area contributed by atoms with Gasteiger partial charge in [0.25, 0.3) is 17.7 Å². The van der Waals surface area contributed by atoms with Gasteiger partial charge in [-0.2, -0.15) is 0 Å². The van der Waals surface area contributed by atoms with Gasteiger partial charge in [0.1, 0.15) is 22.5 Å². The molecular weight excluding hydrogens is 482 g/mol. The summed E-state index contributed by atoms with van der Waals surface area (Å²) in [5.74, 6) is -2.30. The van der Waals surface area contributed by atoms with E-state index in [4.69, 9.17) is 4.74 Å². The number of rotatable bonds is 8. The zero-order chi connectivity index (χ0) is 26.1. The monoisotopic (exact) mass is 503 g/mol. The molecule has 0 spiro atoms. The maximum Gasteiger partial charge on any atom is 0.307 e. The second-order valence-corrected chi connectivity index (χ2v) is 8.42. The molecular formula is C25H21N5O7. The molecule has 2 aliphatic heterocycles. The van der Waals surface area contributed by atoms with E-state index in [9.17, 15) is 29.4 Å². The van der Waals surface area contributed by atoms with E-state index in [1.165, 1.54) is 16.9 Å². The Bertz CT molecular complexity index is 1440. The number of hydrogen-bond donors (Lipinski definition) is 2. The minimum atomic E-state index is -1.15. The topological polar surface area (TPSA) is 155 Å². The standard InChI is InChI=1S/C25H21N5O7/c31-20-6-7-21(32)28(20)13-16-11-15(5-10-24(35)37-14-29-22(33)8-9-23(29)34)12-19(25(16)36)30-26-17-3-1-2-4-18(17)27-30/h1-4,6-9,11-12,22,33,36H,5,10,13-14H2. The highest BCUT2D eigenvalue weighted by atomic mass is 16.5. The summed E-state index contributed by atoms with van der Waals surface area (Å²) in [6.45, 7) is -0.585. The molecule has 1 atom stereocenters. The number of aromatic hydroxyl groups is 1. The number of aromatic nitrogens is 3. The average Bonchev–Trinajstić information content (AvgIpc) is 3.55. The molecule has 188 valence electrons. The van der Waals surface area contributed by atoms with Gasteiger partial charge < -0.3 is 14.9 Å². The number of hydrogen-bond acceptors (Lipinski definition) is 9. The molecule has 3 aromatic rings. The van der Waals surface area contributed by atoms with Crippen LogP contribution in [0.4, 0.5) is 0 Å². The number of imide groups is 1. The molecule has 0 radical (unpaired) electrons. The highest BCUT2D eigenvalue weighted by molar-refractivity contribution is 6.12. The minimum Gasteiger partial charge on any atom is -0.505 e. The Labute approximate surface area is 209 Å². The van der Waals surface area contributed by atoms with Crippen LogP contribution in [0.5, 0.6) is 5.75 Å². The Morgan fingerprint density at radius 2 is 1.65 bits per heavy atom. The van der Waals surface area contributed by atoms with Gasteiger partial charge in [-0.3, -0.25) is 29.0 Å². The van der Waals surface area contributed by atoms with Crippen LogP contribution in [0.15, 0.2) is 60.7 Å². The van der Waals surface area contributed by atoms with Crippen molar-refractivity contribution in [2.45, 2.75) is 25.6 Å². The van der Waals surface area contributed by atoms with Crippen LogP contribution in [0.2, 0.25) is 0 Å². The lowest BCUT2D eigenvalue weighted by atomic mass is 10.0. The quantitative estimate of drug-likeness (QED) is 0.334. The molecule has 5 rings (SSSR count).